The lowest BCUT2D eigenvalue weighted by atomic mass is 10.3. The molecule has 2 rings (SSSR count). The SMILES string of the molecule is Cc1nn(-c2ccccc2)c(SCCCO)c1CO. The second-order valence-electron chi connectivity index (χ2n) is 4.20. The molecule has 0 aliphatic carbocycles. The molecular weight excluding hydrogens is 260 g/mol. The highest BCUT2D eigenvalue weighted by atomic mass is 32.2. The van der Waals surface area contributed by atoms with Crippen molar-refractivity contribution in [3.63, 3.8) is 0 Å². The summed E-state index contributed by atoms with van der Waals surface area (Å²) in [4.78, 5) is 0. The normalized spacial score (nSPS) is 10.9. The molecule has 5 heteroatoms. The van der Waals surface area contributed by atoms with Gasteiger partial charge < -0.3 is 10.2 Å². The van der Waals surface area contributed by atoms with Crippen molar-refractivity contribution in [2.75, 3.05) is 12.4 Å². The molecule has 0 aliphatic rings. The Bertz CT molecular complexity index is 526. The van der Waals surface area contributed by atoms with Crippen LogP contribution in [0.3, 0.4) is 0 Å². The molecule has 0 atom stereocenters. The van der Waals surface area contributed by atoms with Crippen LogP contribution in [0.15, 0.2) is 35.4 Å². The van der Waals surface area contributed by atoms with Crippen molar-refractivity contribution in [2.45, 2.75) is 25.0 Å². The fourth-order valence-corrected chi connectivity index (χ4v) is 2.97. The first kappa shape index (κ1) is 14.1. The van der Waals surface area contributed by atoms with E-state index in [2.05, 4.69) is 5.10 Å². The Morgan fingerprint density at radius 2 is 1.95 bits per heavy atom. The lowest BCUT2D eigenvalue weighted by molar-refractivity contribution is 0.278. The van der Waals surface area contributed by atoms with Gasteiger partial charge in [-0.05, 0) is 25.5 Å². The van der Waals surface area contributed by atoms with E-state index in [-0.39, 0.29) is 13.2 Å². The third kappa shape index (κ3) is 3.18. The highest BCUT2D eigenvalue weighted by molar-refractivity contribution is 7.99. The standard InChI is InChI=1S/C14H18N2O2S/c1-11-13(10-18)14(19-9-5-8-17)16(15-11)12-6-3-2-4-7-12/h2-4,6-7,17-18H,5,8-10H2,1H3. The van der Waals surface area contributed by atoms with Crippen LogP contribution in [0.25, 0.3) is 5.69 Å². The lowest BCUT2D eigenvalue weighted by Crippen LogP contribution is -2.00. The highest BCUT2D eigenvalue weighted by Gasteiger charge is 2.15. The monoisotopic (exact) mass is 278 g/mol. The Morgan fingerprint density at radius 1 is 1.21 bits per heavy atom. The number of aliphatic hydroxyl groups is 2. The molecule has 19 heavy (non-hydrogen) atoms. The molecule has 2 aromatic rings. The first-order valence-corrected chi connectivity index (χ1v) is 7.25. The molecule has 0 saturated carbocycles. The van der Waals surface area contributed by atoms with Crippen molar-refractivity contribution in [3.05, 3.63) is 41.6 Å². The van der Waals surface area contributed by atoms with E-state index in [1.165, 1.54) is 0 Å². The molecule has 0 unspecified atom stereocenters. The molecule has 1 heterocycles. The number of benzene rings is 1. The van der Waals surface area contributed by atoms with E-state index in [0.717, 1.165) is 34.1 Å². The number of para-hydroxylation sites is 1. The number of rotatable bonds is 6. The Balaban J connectivity index is 2.37. The number of hydrogen-bond donors (Lipinski definition) is 2. The molecule has 0 radical (unpaired) electrons. The van der Waals surface area contributed by atoms with Gasteiger partial charge in [0.2, 0.25) is 0 Å². The van der Waals surface area contributed by atoms with E-state index in [1.54, 1.807) is 11.8 Å². The van der Waals surface area contributed by atoms with E-state index in [0.29, 0.717) is 0 Å². The zero-order chi connectivity index (χ0) is 13.7. The second kappa shape index (κ2) is 6.75. The van der Waals surface area contributed by atoms with Gasteiger partial charge in [-0.1, -0.05) is 18.2 Å². The molecule has 0 fully saturated rings. The zero-order valence-electron chi connectivity index (χ0n) is 10.9. The Hall–Kier alpha value is -1.30. The molecule has 0 saturated heterocycles. The molecule has 1 aromatic heterocycles. The number of aromatic nitrogens is 2. The maximum atomic E-state index is 9.50. The van der Waals surface area contributed by atoms with Crippen molar-refractivity contribution < 1.29 is 10.2 Å². The van der Waals surface area contributed by atoms with Gasteiger partial charge in [0.15, 0.2) is 0 Å². The number of hydrogen-bond acceptors (Lipinski definition) is 4. The molecule has 102 valence electrons. The minimum Gasteiger partial charge on any atom is -0.396 e. The van der Waals surface area contributed by atoms with Gasteiger partial charge >= 0.3 is 0 Å². The zero-order valence-corrected chi connectivity index (χ0v) is 11.7. The van der Waals surface area contributed by atoms with Gasteiger partial charge in [-0.15, -0.1) is 11.8 Å². The van der Waals surface area contributed by atoms with E-state index in [1.807, 2.05) is 41.9 Å². The average molecular weight is 278 g/mol. The number of thioether (sulfide) groups is 1. The van der Waals surface area contributed by atoms with E-state index in [9.17, 15) is 5.11 Å². The predicted molar refractivity (Wildman–Crippen MR) is 76.7 cm³/mol. The van der Waals surface area contributed by atoms with Crippen LogP contribution in [0.2, 0.25) is 0 Å². The quantitative estimate of drug-likeness (QED) is 0.628. The maximum absolute atomic E-state index is 9.50. The Labute approximate surface area is 117 Å². The van der Waals surface area contributed by atoms with Crippen LogP contribution >= 0.6 is 11.8 Å². The Kier molecular flexibility index (Phi) is 5.01. The van der Waals surface area contributed by atoms with Crippen LogP contribution in [0, 0.1) is 6.92 Å². The summed E-state index contributed by atoms with van der Waals surface area (Å²) in [5.41, 5.74) is 2.70. The van der Waals surface area contributed by atoms with Crippen LogP contribution in [-0.2, 0) is 6.61 Å². The minimum absolute atomic E-state index is 0.0138. The van der Waals surface area contributed by atoms with Gasteiger partial charge in [0.25, 0.3) is 0 Å². The maximum Gasteiger partial charge on any atom is 0.106 e. The fourth-order valence-electron chi connectivity index (χ4n) is 1.85. The van der Waals surface area contributed by atoms with Crippen molar-refractivity contribution in [1.29, 1.82) is 0 Å². The second-order valence-corrected chi connectivity index (χ2v) is 5.28. The van der Waals surface area contributed by atoms with E-state index >= 15 is 0 Å². The Morgan fingerprint density at radius 3 is 2.58 bits per heavy atom. The summed E-state index contributed by atoms with van der Waals surface area (Å²) in [7, 11) is 0. The van der Waals surface area contributed by atoms with E-state index in [4.69, 9.17) is 5.11 Å². The molecule has 1 aromatic carbocycles. The van der Waals surface area contributed by atoms with Crippen molar-refractivity contribution in [1.82, 2.24) is 9.78 Å². The van der Waals surface area contributed by atoms with Crippen LogP contribution < -0.4 is 0 Å². The lowest BCUT2D eigenvalue weighted by Gasteiger charge is -2.08. The molecule has 4 nitrogen and oxygen atoms in total. The fraction of sp³-hybridized carbons (Fsp3) is 0.357. The predicted octanol–water partition coefficient (Wildman–Crippen LogP) is 2.15. The van der Waals surface area contributed by atoms with Crippen molar-refractivity contribution >= 4 is 11.8 Å². The van der Waals surface area contributed by atoms with Gasteiger partial charge in [0.05, 0.1) is 18.0 Å². The summed E-state index contributed by atoms with van der Waals surface area (Å²) in [5, 5.41) is 23.8. The van der Waals surface area contributed by atoms with Crippen molar-refractivity contribution in [2.24, 2.45) is 0 Å². The summed E-state index contributed by atoms with van der Waals surface area (Å²) in [6.07, 6.45) is 0.731. The highest BCUT2D eigenvalue weighted by Crippen LogP contribution is 2.28. The first-order chi connectivity index (χ1) is 9.27. The number of aryl methyl sites for hydroxylation is 1. The summed E-state index contributed by atoms with van der Waals surface area (Å²) >= 11 is 1.62. The van der Waals surface area contributed by atoms with Crippen LogP contribution in [0.4, 0.5) is 0 Å². The third-order valence-corrected chi connectivity index (χ3v) is 4.02. The van der Waals surface area contributed by atoms with Crippen LogP contribution in [0.5, 0.6) is 0 Å². The van der Waals surface area contributed by atoms with Crippen LogP contribution in [0.1, 0.15) is 17.7 Å². The third-order valence-electron chi connectivity index (χ3n) is 2.84. The van der Waals surface area contributed by atoms with Crippen LogP contribution in [-0.4, -0.2) is 32.4 Å². The topological polar surface area (TPSA) is 58.3 Å². The minimum atomic E-state index is -0.0138. The van der Waals surface area contributed by atoms with E-state index < -0.39 is 0 Å². The number of nitrogens with zero attached hydrogens (tertiary/aromatic N) is 2. The summed E-state index contributed by atoms with van der Waals surface area (Å²) < 4.78 is 1.86. The molecular formula is C14H18N2O2S. The van der Waals surface area contributed by atoms with Crippen molar-refractivity contribution in [3.8, 4) is 5.69 Å². The van der Waals surface area contributed by atoms with Gasteiger partial charge in [0, 0.05) is 17.9 Å². The molecule has 2 N–H and O–H groups in total. The van der Waals surface area contributed by atoms with Gasteiger partial charge in [-0.3, -0.25) is 0 Å². The summed E-state index contributed by atoms with van der Waals surface area (Å²) in [6, 6.07) is 9.87. The smallest absolute Gasteiger partial charge is 0.106 e. The van der Waals surface area contributed by atoms with Gasteiger partial charge in [0.1, 0.15) is 5.03 Å². The number of aliphatic hydroxyl groups excluding tert-OH is 2. The first-order valence-electron chi connectivity index (χ1n) is 6.26. The molecule has 0 bridgehead atoms. The summed E-state index contributed by atoms with van der Waals surface area (Å²) in [5.74, 6) is 0.807. The molecule has 0 amide bonds. The average Bonchev–Trinajstić information content (AvgIpc) is 2.76. The molecule has 0 aliphatic heterocycles. The molecule has 0 spiro atoms. The van der Waals surface area contributed by atoms with Gasteiger partial charge in [-0.2, -0.15) is 5.10 Å². The summed E-state index contributed by atoms with van der Waals surface area (Å²) in [6.45, 7) is 2.07. The van der Waals surface area contributed by atoms with Gasteiger partial charge in [-0.25, -0.2) is 4.68 Å². The largest absolute Gasteiger partial charge is 0.396 e.